The van der Waals surface area contributed by atoms with Gasteiger partial charge in [0.15, 0.2) is 5.96 Å². The molecule has 0 bridgehead atoms. The summed E-state index contributed by atoms with van der Waals surface area (Å²) in [5.41, 5.74) is 2.17. The lowest BCUT2D eigenvalue weighted by Crippen LogP contribution is -2.41. The lowest BCUT2D eigenvalue weighted by Gasteiger charge is -2.20. The van der Waals surface area contributed by atoms with Gasteiger partial charge in [-0.15, -0.1) is 24.0 Å². The minimum Gasteiger partial charge on any atom is -0.355 e. The van der Waals surface area contributed by atoms with Crippen LogP contribution in [0.1, 0.15) is 38.7 Å². The lowest BCUT2D eigenvalue weighted by atomic mass is 10.2. The summed E-state index contributed by atoms with van der Waals surface area (Å²) in [6.45, 7) is 10.1. The molecule has 2 N–H and O–H groups in total. The molecule has 1 aliphatic heterocycles. The Labute approximate surface area is 180 Å². The molecule has 27 heavy (non-hydrogen) atoms. The number of likely N-dealkylation sites (N-methyl/N-ethyl adjacent to an activating group) is 1. The number of nitrogens with one attached hydrogen (secondary N) is 2. The summed E-state index contributed by atoms with van der Waals surface area (Å²) in [6.07, 6.45) is 2.80. The molecule has 1 aromatic carbocycles. The number of guanidine groups is 1. The molecule has 1 aromatic rings. The molecule has 0 unspecified atom stereocenters. The number of amides is 1. The second-order valence-corrected chi connectivity index (χ2v) is 6.60. The topological polar surface area (TPSA) is 60.0 Å². The van der Waals surface area contributed by atoms with E-state index in [0.29, 0.717) is 13.0 Å². The predicted molar refractivity (Wildman–Crippen MR) is 124 cm³/mol. The molecule has 0 spiro atoms. The Morgan fingerprint density at radius 3 is 2.48 bits per heavy atom. The first-order valence-corrected chi connectivity index (χ1v) is 9.74. The molecule has 1 saturated heterocycles. The van der Waals surface area contributed by atoms with E-state index in [4.69, 9.17) is 0 Å². The number of carbonyl (C=O) groups excluding carboxylic acids is 1. The Balaban J connectivity index is 0.00000364. The Morgan fingerprint density at radius 2 is 1.93 bits per heavy atom. The van der Waals surface area contributed by atoms with Crippen LogP contribution in [0.3, 0.4) is 0 Å². The zero-order chi connectivity index (χ0) is 18.8. The summed E-state index contributed by atoms with van der Waals surface area (Å²) in [6, 6.07) is 8.20. The summed E-state index contributed by atoms with van der Waals surface area (Å²) in [4.78, 5) is 20.4. The first-order valence-electron chi connectivity index (χ1n) is 9.74. The van der Waals surface area contributed by atoms with E-state index >= 15 is 0 Å². The SMILES string of the molecule is CCCN(CC)CCNC(=NC)NCc1ccc(N2CCCC2=O)cc1.I. The highest BCUT2D eigenvalue weighted by molar-refractivity contribution is 14.0. The smallest absolute Gasteiger partial charge is 0.227 e. The minimum absolute atomic E-state index is 0. The summed E-state index contributed by atoms with van der Waals surface area (Å²) in [7, 11) is 1.79. The molecule has 152 valence electrons. The van der Waals surface area contributed by atoms with Crippen molar-refractivity contribution in [2.75, 3.05) is 44.7 Å². The summed E-state index contributed by atoms with van der Waals surface area (Å²) in [5.74, 6) is 1.04. The monoisotopic (exact) mass is 487 g/mol. The molecule has 0 saturated carbocycles. The molecular formula is C20H34IN5O. The van der Waals surface area contributed by atoms with Crippen molar-refractivity contribution in [3.63, 3.8) is 0 Å². The van der Waals surface area contributed by atoms with Crippen LogP contribution in [0.2, 0.25) is 0 Å². The van der Waals surface area contributed by atoms with Crippen LogP contribution < -0.4 is 15.5 Å². The van der Waals surface area contributed by atoms with Crippen LogP contribution in [0.25, 0.3) is 0 Å². The third-order valence-electron chi connectivity index (χ3n) is 4.71. The summed E-state index contributed by atoms with van der Waals surface area (Å²) in [5, 5.41) is 6.72. The van der Waals surface area contributed by atoms with E-state index in [-0.39, 0.29) is 29.9 Å². The quantitative estimate of drug-likeness (QED) is 0.320. The number of anilines is 1. The zero-order valence-electron chi connectivity index (χ0n) is 16.8. The van der Waals surface area contributed by atoms with Crippen LogP contribution in [-0.4, -0.2) is 56.5 Å². The molecule has 2 rings (SSSR count). The van der Waals surface area contributed by atoms with Crippen LogP contribution in [-0.2, 0) is 11.3 Å². The lowest BCUT2D eigenvalue weighted by molar-refractivity contribution is -0.117. The molecule has 1 heterocycles. The van der Waals surface area contributed by atoms with Crippen molar-refractivity contribution in [1.29, 1.82) is 0 Å². The van der Waals surface area contributed by atoms with Crippen molar-refractivity contribution in [3.05, 3.63) is 29.8 Å². The fourth-order valence-corrected chi connectivity index (χ4v) is 3.20. The fourth-order valence-electron chi connectivity index (χ4n) is 3.20. The molecule has 7 heteroatoms. The van der Waals surface area contributed by atoms with Gasteiger partial charge in [-0.2, -0.15) is 0 Å². The Hall–Kier alpha value is -1.35. The Morgan fingerprint density at radius 1 is 1.19 bits per heavy atom. The number of aliphatic imine (C=N–C) groups is 1. The molecule has 1 aliphatic rings. The number of halogens is 1. The number of benzene rings is 1. The normalized spacial score (nSPS) is 14.4. The van der Waals surface area contributed by atoms with Gasteiger partial charge in [-0.05, 0) is 43.6 Å². The maximum atomic E-state index is 11.8. The van der Waals surface area contributed by atoms with E-state index < -0.39 is 0 Å². The summed E-state index contributed by atoms with van der Waals surface area (Å²) >= 11 is 0. The van der Waals surface area contributed by atoms with E-state index in [1.54, 1.807) is 7.05 Å². The average molecular weight is 487 g/mol. The fraction of sp³-hybridized carbons (Fsp3) is 0.600. The van der Waals surface area contributed by atoms with Crippen LogP contribution in [0, 0.1) is 0 Å². The van der Waals surface area contributed by atoms with E-state index in [1.165, 1.54) is 12.0 Å². The molecular weight excluding hydrogens is 453 g/mol. The van der Waals surface area contributed by atoms with Gasteiger partial charge in [0.2, 0.25) is 5.91 Å². The molecule has 1 fully saturated rings. The second-order valence-electron chi connectivity index (χ2n) is 6.60. The van der Waals surface area contributed by atoms with E-state index in [2.05, 4.69) is 46.5 Å². The molecule has 6 nitrogen and oxygen atoms in total. The number of nitrogens with zero attached hydrogens (tertiary/aromatic N) is 3. The van der Waals surface area contributed by atoms with E-state index in [9.17, 15) is 4.79 Å². The van der Waals surface area contributed by atoms with E-state index in [0.717, 1.165) is 50.8 Å². The first kappa shape index (κ1) is 23.7. The zero-order valence-corrected chi connectivity index (χ0v) is 19.2. The van der Waals surface area contributed by atoms with Gasteiger partial charge in [-0.1, -0.05) is 26.0 Å². The molecule has 0 aliphatic carbocycles. The number of hydrogen-bond donors (Lipinski definition) is 2. The van der Waals surface area contributed by atoms with Gasteiger partial charge < -0.3 is 20.4 Å². The third kappa shape index (κ3) is 7.65. The number of rotatable bonds is 9. The third-order valence-corrected chi connectivity index (χ3v) is 4.71. The van der Waals surface area contributed by atoms with Crippen LogP contribution in [0.5, 0.6) is 0 Å². The van der Waals surface area contributed by atoms with Crippen molar-refractivity contribution in [2.45, 2.75) is 39.7 Å². The number of hydrogen-bond acceptors (Lipinski definition) is 3. The van der Waals surface area contributed by atoms with Gasteiger partial charge in [-0.25, -0.2) is 0 Å². The summed E-state index contributed by atoms with van der Waals surface area (Å²) < 4.78 is 0. The van der Waals surface area contributed by atoms with Crippen molar-refractivity contribution in [3.8, 4) is 0 Å². The van der Waals surface area contributed by atoms with Gasteiger partial charge in [0.25, 0.3) is 0 Å². The van der Waals surface area contributed by atoms with Crippen molar-refractivity contribution < 1.29 is 4.79 Å². The maximum absolute atomic E-state index is 11.8. The standard InChI is InChI=1S/C20H33N5O.HI/c1-4-13-24(5-2)15-12-22-20(21-3)23-16-17-8-10-18(11-9-17)25-14-6-7-19(25)26;/h8-11H,4-7,12-16H2,1-3H3,(H2,21,22,23);1H. The highest BCUT2D eigenvalue weighted by Gasteiger charge is 2.21. The van der Waals surface area contributed by atoms with Crippen molar-refractivity contribution >= 4 is 41.5 Å². The highest BCUT2D eigenvalue weighted by Crippen LogP contribution is 2.21. The second kappa shape index (κ2) is 12.9. The van der Waals surface area contributed by atoms with Crippen LogP contribution in [0.4, 0.5) is 5.69 Å². The predicted octanol–water partition coefficient (Wildman–Crippen LogP) is 2.83. The average Bonchev–Trinajstić information content (AvgIpc) is 3.10. The van der Waals surface area contributed by atoms with Crippen LogP contribution in [0.15, 0.2) is 29.3 Å². The molecule has 0 atom stereocenters. The van der Waals surface area contributed by atoms with E-state index in [1.807, 2.05) is 17.0 Å². The molecule has 1 amide bonds. The van der Waals surface area contributed by atoms with Crippen molar-refractivity contribution in [1.82, 2.24) is 15.5 Å². The number of carbonyl (C=O) groups is 1. The molecule has 0 aromatic heterocycles. The highest BCUT2D eigenvalue weighted by atomic mass is 127. The van der Waals surface area contributed by atoms with Crippen molar-refractivity contribution in [2.24, 2.45) is 4.99 Å². The molecule has 0 radical (unpaired) electrons. The van der Waals surface area contributed by atoms with Gasteiger partial charge >= 0.3 is 0 Å². The van der Waals surface area contributed by atoms with Gasteiger partial charge in [-0.3, -0.25) is 9.79 Å². The largest absolute Gasteiger partial charge is 0.355 e. The minimum atomic E-state index is 0. The maximum Gasteiger partial charge on any atom is 0.227 e. The van der Waals surface area contributed by atoms with Gasteiger partial charge in [0, 0.05) is 45.3 Å². The Kier molecular flexibility index (Phi) is 11.3. The Bertz CT molecular complexity index is 591. The first-order chi connectivity index (χ1) is 12.7. The van der Waals surface area contributed by atoms with Crippen LogP contribution >= 0.6 is 24.0 Å². The van der Waals surface area contributed by atoms with Gasteiger partial charge in [0.1, 0.15) is 0 Å². The van der Waals surface area contributed by atoms with Gasteiger partial charge in [0.05, 0.1) is 0 Å².